The number of carbonyl (C=O) groups is 2. The van der Waals surface area contributed by atoms with Crippen LogP contribution in [-0.2, 0) is 14.6 Å². The molecule has 8 heteroatoms. The molecular formula is C17H17ClN2O4S. The van der Waals surface area contributed by atoms with Crippen molar-refractivity contribution < 1.29 is 18.0 Å². The monoisotopic (exact) mass is 380 g/mol. The molecule has 6 nitrogen and oxygen atoms in total. The molecule has 0 spiro atoms. The zero-order chi connectivity index (χ0) is 18.6. The molecule has 0 aliphatic carbocycles. The molecule has 0 radical (unpaired) electrons. The Labute approximate surface area is 151 Å². The Bertz CT molecular complexity index is 912. The zero-order valence-corrected chi connectivity index (χ0v) is 15.2. The van der Waals surface area contributed by atoms with Crippen molar-refractivity contribution in [2.75, 3.05) is 11.6 Å². The SMILES string of the molecule is C[C@H](NC(=O)c1ccccc1Cl)C(=O)Nc1cccc(S(C)(=O)=O)c1. The molecule has 0 saturated carbocycles. The van der Waals surface area contributed by atoms with Crippen molar-refractivity contribution in [1.29, 1.82) is 0 Å². The van der Waals surface area contributed by atoms with Gasteiger partial charge in [-0.1, -0.05) is 29.8 Å². The van der Waals surface area contributed by atoms with Gasteiger partial charge in [0.2, 0.25) is 5.91 Å². The molecule has 0 heterocycles. The first-order chi connectivity index (χ1) is 11.7. The van der Waals surface area contributed by atoms with E-state index in [9.17, 15) is 18.0 Å². The quantitative estimate of drug-likeness (QED) is 0.833. The summed E-state index contributed by atoms with van der Waals surface area (Å²) in [5, 5.41) is 5.41. The first-order valence-electron chi connectivity index (χ1n) is 7.35. The highest BCUT2D eigenvalue weighted by Crippen LogP contribution is 2.16. The standard InChI is InChI=1S/C17H17ClN2O4S/c1-11(19-17(22)14-8-3-4-9-15(14)18)16(21)20-12-6-5-7-13(10-12)25(2,23)24/h3-11H,1-2H3,(H,19,22)(H,20,21)/t11-/m0/s1. The lowest BCUT2D eigenvalue weighted by Gasteiger charge is -2.15. The number of benzene rings is 2. The van der Waals surface area contributed by atoms with Crippen LogP contribution in [-0.4, -0.2) is 32.5 Å². The van der Waals surface area contributed by atoms with E-state index in [2.05, 4.69) is 10.6 Å². The summed E-state index contributed by atoms with van der Waals surface area (Å²) in [4.78, 5) is 24.5. The molecule has 0 unspecified atom stereocenters. The Morgan fingerprint density at radius 3 is 2.40 bits per heavy atom. The largest absolute Gasteiger partial charge is 0.340 e. The summed E-state index contributed by atoms with van der Waals surface area (Å²) in [6.07, 6.45) is 1.08. The summed E-state index contributed by atoms with van der Waals surface area (Å²) in [5.41, 5.74) is 0.592. The lowest BCUT2D eigenvalue weighted by atomic mass is 10.2. The molecule has 0 aliphatic rings. The van der Waals surface area contributed by atoms with Crippen molar-refractivity contribution in [2.24, 2.45) is 0 Å². The topological polar surface area (TPSA) is 92.3 Å². The van der Waals surface area contributed by atoms with Crippen molar-refractivity contribution in [3.8, 4) is 0 Å². The molecule has 0 fully saturated rings. The van der Waals surface area contributed by atoms with Gasteiger partial charge >= 0.3 is 0 Å². The third-order valence-corrected chi connectivity index (χ3v) is 4.83. The number of hydrogen-bond acceptors (Lipinski definition) is 4. The predicted octanol–water partition coefficient (Wildman–Crippen LogP) is 2.50. The van der Waals surface area contributed by atoms with Crippen LogP contribution in [0.2, 0.25) is 5.02 Å². The second-order valence-electron chi connectivity index (χ2n) is 5.46. The van der Waals surface area contributed by atoms with Gasteiger partial charge in [0, 0.05) is 11.9 Å². The Balaban J connectivity index is 2.06. The van der Waals surface area contributed by atoms with Crippen LogP contribution in [0.4, 0.5) is 5.69 Å². The average molecular weight is 381 g/mol. The highest BCUT2D eigenvalue weighted by Gasteiger charge is 2.18. The van der Waals surface area contributed by atoms with E-state index in [1.165, 1.54) is 25.1 Å². The number of nitrogens with one attached hydrogen (secondary N) is 2. The summed E-state index contributed by atoms with van der Waals surface area (Å²) in [6, 6.07) is 11.5. The summed E-state index contributed by atoms with van der Waals surface area (Å²) in [5.74, 6) is -0.954. The van der Waals surface area contributed by atoms with E-state index in [0.29, 0.717) is 5.69 Å². The van der Waals surface area contributed by atoms with E-state index in [4.69, 9.17) is 11.6 Å². The normalized spacial score (nSPS) is 12.3. The smallest absolute Gasteiger partial charge is 0.253 e. The minimum atomic E-state index is -3.38. The molecule has 2 rings (SSSR count). The summed E-state index contributed by atoms with van der Waals surface area (Å²) >= 11 is 5.95. The van der Waals surface area contributed by atoms with Gasteiger partial charge in [0.25, 0.3) is 5.91 Å². The van der Waals surface area contributed by atoms with Crippen LogP contribution in [0.5, 0.6) is 0 Å². The van der Waals surface area contributed by atoms with Gasteiger partial charge in [-0.25, -0.2) is 8.42 Å². The fraction of sp³-hybridized carbons (Fsp3) is 0.176. The minimum Gasteiger partial charge on any atom is -0.340 e. The van der Waals surface area contributed by atoms with Gasteiger partial charge in [-0.15, -0.1) is 0 Å². The Kier molecular flexibility index (Phi) is 5.81. The van der Waals surface area contributed by atoms with Crippen molar-refractivity contribution in [1.82, 2.24) is 5.32 Å². The fourth-order valence-electron chi connectivity index (χ4n) is 2.04. The maximum Gasteiger partial charge on any atom is 0.253 e. The zero-order valence-electron chi connectivity index (χ0n) is 13.6. The molecule has 132 valence electrons. The molecule has 0 bridgehead atoms. The van der Waals surface area contributed by atoms with Gasteiger partial charge < -0.3 is 10.6 Å². The molecule has 2 N–H and O–H groups in total. The van der Waals surface area contributed by atoms with E-state index in [1.54, 1.807) is 30.3 Å². The molecular weight excluding hydrogens is 364 g/mol. The van der Waals surface area contributed by atoms with E-state index >= 15 is 0 Å². The second-order valence-corrected chi connectivity index (χ2v) is 7.89. The highest BCUT2D eigenvalue weighted by molar-refractivity contribution is 7.90. The lowest BCUT2D eigenvalue weighted by Crippen LogP contribution is -2.41. The molecule has 2 aromatic carbocycles. The van der Waals surface area contributed by atoms with Gasteiger partial charge in [0.05, 0.1) is 15.5 Å². The lowest BCUT2D eigenvalue weighted by molar-refractivity contribution is -0.117. The molecule has 0 aliphatic heterocycles. The van der Waals surface area contributed by atoms with E-state index in [-0.39, 0.29) is 15.5 Å². The van der Waals surface area contributed by atoms with Crippen molar-refractivity contribution in [3.05, 3.63) is 59.1 Å². The van der Waals surface area contributed by atoms with Crippen molar-refractivity contribution >= 4 is 38.9 Å². The predicted molar refractivity (Wildman–Crippen MR) is 96.6 cm³/mol. The van der Waals surface area contributed by atoms with Gasteiger partial charge in [-0.2, -0.15) is 0 Å². The van der Waals surface area contributed by atoms with Crippen LogP contribution in [0.25, 0.3) is 0 Å². The Morgan fingerprint density at radius 2 is 1.76 bits per heavy atom. The Hall–Kier alpha value is -2.38. The molecule has 0 aromatic heterocycles. The van der Waals surface area contributed by atoms with E-state index in [0.717, 1.165) is 6.26 Å². The van der Waals surface area contributed by atoms with Crippen LogP contribution in [0.1, 0.15) is 17.3 Å². The van der Waals surface area contributed by atoms with Crippen LogP contribution < -0.4 is 10.6 Å². The number of anilines is 1. The summed E-state index contributed by atoms with van der Waals surface area (Å²) in [7, 11) is -3.38. The van der Waals surface area contributed by atoms with Crippen LogP contribution >= 0.6 is 11.6 Å². The molecule has 2 aromatic rings. The Morgan fingerprint density at radius 1 is 1.08 bits per heavy atom. The number of amides is 2. The minimum absolute atomic E-state index is 0.0954. The van der Waals surface area contributed by atoms with E-state index < -0.39 is 27.7 Å². The maximum absolute atomic E-state index is 12.2. The van der Waals surface area contributed by atoms with Gasteiger partial charge in [0.1, 0.15) is 6.04 Å². The maximum atomic E-state index is 12.2. The van der Waals surface area contributed by atoms with Crippen molar-refractivity contribution in [3.63, 3.8) is 0 Å². The van der Waals surface area contributed by atoms with Gasteiger partial charge in [-0.3, -0.25) is 9.59 Å². The third-order valence-electron chi connectivity index (χ3n) is 3.39. The summed E-state index contributed by atoms with van der Waals surface area (Å²) in [6.45, 7) is 1.52. The number of halogens is 1. The number of carbonyl (C=O) groups excluding carboxylic acids is 2. The summed E-state index contributed by atoms with van der Waals surface area (Å²) < 4.78 is 23.1. The molecule has 25 heavy (non-hydrogen) atoms. The fourth-order valence-corrected chi connectivity index (χ4v) is 2.93. The highest BCUT2D eigenvalue weighted by atomic mass is 35.5. The second kappa shape index (κ2) is 7.67. The first kappa shape index (κ1) is 19.0. The third kappa shape index (κ3) is 5.04. The van der Waals surface area contributed by atoms with Crippen LogP contribution in [0.15, 0.2) is 53.4 Å². The van der Waals surface area contributed by atoms with Crippen molar-refractivity contribution in [2.45, 2.75) is 17.9 Å². The number of rotatable bonds is 5. The molecule has 1 atom stereocenters. The molecule has 2 amide bonds. The van der Waals surface area contributed by atoms with Crippen LogP contribution in [0.3, 0.4) is 0 Å². The average Bonchev–Trinajstić information content (AvgIpc) is 2.54. The number of sulfone groups is 1. The van der Waals surface area contributed by atoms with Gasteiger partial charge in [-0.05, 0) is 37.3 Å². The number of hydrogen-bond donors (Lipinski definition) is 2. The van der Waals surface area contributed by atoms with Crippen LogP contribution in [0, 0.1) is 0 Å². The van der Waals surface area contributed by atoms with E-state index in [1.807, 2.05) is 0 Å². The molecule has 0 saturated heterocycles. The van der Waals surface area contributed by atoms with Gasteiger partial charge in [0.15, 0.2) is 9.84 Å². The first-order valence-corrected chi connectivity index (χ1v) is 9.62.